The van der Waals surface area contributed by atoms with Gasteiger partial charge in [-0.05, 0) is 55.0 Å². The van der Waals surface area contributed by atoms with E-state index in [0.717, 1.165) is 42.4 Å². The van der Waals surface area contributed by atoms with Crippen LogP contribution < -0.4 is 4.74 Å². The molecule has 2 heteroatoms. The molecule has 30 heavy (non-hydrogen) atoms. The van der Waals surface area contributed by atoms with Crippen LogP contribution in [-0.4, -0.2) is 11.6 Å². The monoisotopic (exact) mass is 409 g/mol. The van der Waals surface area contributed by atoms with Gasteiger partial charge >= 0.3 is 0 Å². The zero-order chi connectivity index (χ0) is 21.4. The first-order valence-electron chi connectivity index (χ1n) is 12.4. The number of para-hydroxylation sites is 1. The van der Waals surface area contributed by atoms with Gasteiger partial charge in [-0.25, -0.2) is 0 Å². The highest BCUT2D eigenvalue weighted by atomic mass is 16.5. The van der Waals surface area contributed by atoms with Crippen molar-refractivity contribution in [3.05, 3.63) is 48.2 Å². The predicted molar refractivity (Wildman–Crippen MR) is 130 cm³/mol. The first-order chi connectivity index (χ1) is 14.7. The maximum Gasteiger partial charge on any atom is 0.128 e. The largest absolute Gasteiger partial charge is 0.493 e. The molecule has 2 rings (SSSR count). The molecule has 0 saturated heterocycles. The van der Waals surface area contributed by atoms with E-state index >= 15 is 0 Å². The Hall–Kier alpha value is -1.83. The Bertz CT molecular complexity index is 697. The first-order valence-corrected chi connectivity index (χ1v) is 12.4. The highest BCUT2D eigenvalue weighted by molar-refractivity contribution is 5.67. The topological polar surface area (TPSA) is 22.1 Å². The Morgan fingerprint density at radius 3 is 2.47 bits per heavy atom. The third kappa shape index (κ3) is 9.32. The lowest BCUT2D eigenvalue weighted by atomic mass is 10.0. The number of ether oxygens (including phenoxy) is 1. The van der Waals surface area contributed by atoms with Gasteiger partial charge in [0.2, 0.25) is 0 Å². The van der Waals surface area contributed by atoms with Gasteiger partial charge in [0.1, 0.15) is 5.75 Å². The average molecular weight is 410 g/mol. The van der Waals surface area contributed by atoms with Crippen LogP contribution in [0.2, 0.25) is 0 Å². The van der Waals surface area contributed by atoms with Gasteiger partial charge in [0.15, 0.2) is 0 Å². The number of hydrogen-bond donors (Lipinski definition) is 0. The number of aryl methyl sites for hydroxylation is 1. The van der Waals surface area contributed by atoms with Crippen LogP contribution in [0, 0.1) is 5.92 Å². The second kappa shape index (κ2) is 15.0. The van der Waals surface area contributed by atoms with Crippen molar-refractivity contribution >= 4 is 0 Å². The molecular weight excluding hydrogens is 366 g/mol. The summed E-state index contributed by atoms with van der Waals surface area (Å²) in [5.74, 6) is 1.81. The van der Waals surface area contributed by atoms with Crippen molar-refractivity contribution in [2.45, 2.75) is 97.8 Å². The van der Waals surface area contributed by atoms with Crippen molar-refractivity contribution in [2.24, 2.45) is 5.92 Å². The van der Waals surface area contributed by atoms with E-state index in [2.05, 4.69) is 62.2 Å². The summed E-state index contributed by atoms with van der Waals surface area (Å²) in [7, 11) is 0. The normalized spacial score (nSPS) is 12.1. The minimum atomic E-state index is 0.787. The second-order valence-electron chi connectivity index (χ2n) is 8.77. The lowest BCUT2D eigenvalue weighted by Crippen LogP contribution is -2.00. The number of nitrogens with zero attached hydrogens (tertiary/aromatic N) is 1. The summed E-state index contributed by atoms with van der Waals surface area (Å²) >= 11 is 0. The van der Waals surface area contributed by atoms with Gasteiger partial charge in [-0.1, -0.05) is 90.7 Å². The van der Waals surface area contributed by atoms with Gasteiger partial charge in [-0.15, -0.1) is 0 Å². The Morgan fingerprint density at radius 2 is 1.63 bits per heavy atom. The molecule has 0 saturated carbocycles. The molecule has 1 aromatic carbocycles. The summed E-state index contributed by atoms with van der Waals surface area (Å²) in [5, 5.41) is 0. The Kier molecular flexibility index (Phi) is 12.3. The van der Waals surface area contributed by atoms with Gasteiger partial charge in [0, 0.05) is 11.8 Å². The molecule has 0 aliphatic carbocycles. The lowest BCUT2D eigenvalue weighted by molar-refractivity contribution is 0.303. The van der Waals surface area contributed by atoms with Crippen molar-refractivity contribution in [3.63, 3.8) is 0 Å². The molecule has 0 fully saturated rings. The number of benzene rings is 1. The van der Waals surface area contributed by atoms with E-state index < -0.39 is 0 Å². The van der Waals surface area contributed by atoms with E-state index in [0.29, 0.717) is 0 Å². The maximum absolute atomic E-state index is 6.16. The molecule has 1 aromatic heterocycles. The molecule has 1 heterocycles. The van der Waals surface area contributed by atoms with Gasteiger partial charge < -0.3 is 4.74 Å². The van der Waals surface area contributed by atoms with Crippen molar-refractivity contribution < 1.29 is 4.74 Å². The molecule has 0 aliphatic heterocycles. The summed E-state index contributed by atoms with van der Waals surface area (Å²) in [6.45, 7) is 7.69. The summed E-state index contributed by atoms with van der Waals surface area (Å²) in [5.41, 5.74) is 3.53. The minimum Gasteiger partial charge on any atom is -0.493 e. The van der Waals surface area contributed by atoms with E-state index in [1.807, 2.05) is 6.20 Å². The van der Waals surface area contributed by atoms with Crippen LogP contribution in [0.5, 0.6) is 5.75 Å². The van der Waals surface area contributed by atoms with Crippen LogP contribution in [0.3, 0.4) is 0 Å². The van der Waals surface area contributed by atoms with Crippen LogP contribution in [0.4, 0.5) is 0 Å². The van der Waals surface area contributed by atoms with Gasteiger partial charge in [0.25, 0.3) is 0 Å². The zero-order valence-corrected chi connectivity index (χ0v) is 19.7. The summed E-state index contributed by atoms with van der Waals surface area (Å²) < 4.78 is 6.16. The summed E-state index contributed by atoms with van der Waals surface area (Å²) in [6.07, 6.45) is 17.4. The van der Waals surface area contributed by atoms with Gasteiger partial charge in [-0.2, -0.15) is 0 Å². The molecule has 1 atom stereocenters. The number of aromatic nitrogens is 1. The van der Waals surface area contributed by atoms with E-state index in [-0.39, 0.29) is 0 Å². The van der Waals surface area contributed by atoms with Gasteiger partial charge in [-0.3, -0.25) is 4.98 Å². The first kappa shape index (κ1) is 24.4. The second-order valence-corrected chi connectivity index (χ2v) is 8.77. The molecule has 0 spiro atoms. The third-order valence-electron chi connectivity index (χ3n) is 6.10. The van der Waals surface area contributed by atoms with E-state index in [1.165, 1.54) is 69.8 Å². The standard InChI is InChI=1S/C28H43NO/c1-4-6-7-8-9-12-17-25-20-21-29-27(23-25)26-18-13-14-19-28(26)30-22-15-10-11-16-24(3)5-2/h13-14,18-21,23-24H,4-12,15-17,22H2,1-3H3. The van der Waals surface area contributed by atoms with Crippen molar-refractivity contribution in [1.82, 2.24) is 4.98 Å². The molecule has 166 valence electrons. The van der Waals surface area contributed by atoms with Crippen molar-refractivity contribution in [3.8, 4) is 17.0 Å². The average Bonchev–Trinajstić information content (AvgIpc) is 2.78. The third-order valence-corrected chi connectivity index (χ3v) is 6.10. The molecule has 0 N–H and O–H groups in total. The zero-order valence-electron chi connectivity index (χ0n) is 19.7. The summed E-state index contributed by atoms with van der Waals surface area (Å²) in [6, 6.07) is 12.8. The number of pyridine rings is 1. The van der Waals surface area contributed by atoms with Crippen LogP contribution >= 0.6 is 0 Å². The number of rotatable bonds is 16. The van der Waals surface area contributed by atoms with Crippen LogP contribution in [0.15, 0.2) is 42.6 Å². The fourth-order valence-corrected chi connectivity index (χ4v) is 3.85. The molecule has 0 aliphatic rings. The van der Waals surface area contributed by atoms with Crippen LogP contribution in [-0.2, 0) is 6.42 Å². The molecular formula is C28H43NO. The van der Waals surface area contributed by atoms with Gasteiger partial charge in [0.05, 0.1) is 12.3 Å². The molecule has 0 amide bonds. The number of unbranched alkanes of at least 4 members (excludes halogenated alkanes) is 7. The molecule has 2 aromatic rings. The highest BCUT2D eigenvalue weighted by Crippen LogP contribution is 2.29. The van der Waals surface area contributed by atoms with E-state index in [9.17, 15) is 0 Å². The smallest absolute Gasteiger partial charge is 0.128 e. The Balaban J connectivity index is 1.84. The van der Waals surface area contributed by atoms with Crippen molar-refractivity contribution in [1.29, 1.82) is 0 Å². The minimum absolute atomic E-state index is 0.787. The predicted octanol–water partition coefficient (Wildman–Crippen LogP) is 8.64. The molecule has 2 nitrogen and oxygen atoms in total. The fourth-order valence-electron chi connectivity index (χ4n) is 3.85. The van der Waals surface area contributed by atoms with E-state index in [1.54, 1.807) is 0 Å². The highest BCUT2D eigenvalue weighted by Gasteiger charge is 2.08. The lowest BCUT2D eigenvalue weighted by Gasteiger charge is -2.12. The Morgan fingerprint density at radius 1 is 0.867 bits per heavy atom. The van der Waals surface area contributed by atoms with Crippen molar-refractivity contribution in [2.75, 3.05) is 6.61 Å². The Labute approximate surface area is 185 Å². The van der Waals surface area contributed by atoms with Crippen LogP contribution in [0.25, 0.3) is 11.3 Å². The summed E-state index contributed by atoms with van der Waals surface area (Å²) in [4.78, 5) is 4.65. The van der Waals surface area contributed by atoms with E-state index in [4.69, 9.17) is 4.74 Å². The van der Waals surface area contributed by atoms with Crippen LogP contribution in [0.1, 0.15) is 97.0 Å². The molecule has 0 bridgehead atoms. The fraction of sp³-hybridized carbons (Fsp3) is 0.607. The molecule has 1 unspecified atom stereocenters. The molecule has 0 radical (unpaired) electrons. The maximum atomic E-state index is 6.16. The SMILES string of the molecule is CCCCCCCCc1ccnc(-c2ccccc2OCCCCCC(C)CC)c1. The number of hydrogen-bond acceptors (Lipinski definition) is 2. The quantitative estimate of drug-likeness (QED) is 0.259.